The van der Waals surface area contributed by atoms with E-state index in [4.69, 9.17) is 13.9 Å². The van der Waals surface area contributed by atoms with E-state index >= 15 is 0 Å². The summed E-state index contributed by atoms with van der Waals surface area (Å²) in [6.07, 6.45) is 4.60. The van der Waals surface area contributed by atoms with Gasteiger partial charge < -0.3 is 19.0 Å². The molecule has 32 heavy (non-hydrogen) atoms. The molecule has 1 heterocycles. The Morgan fingerprint density at radius 1 is 1.19 bits per heavy atom. The van der Waals surface area contributed by atoms with Crippen LogP contribution in [0.2, 0.25) is 0 Å². The summed E-state index contributed by atoms with van der Waals surface area (Å²) < 4.78 is 17.4. The number of fused-ring (bicyclic) bond motifs is 2. The standard InChI is InChI=1S/C25H32O7/c1-7-14(4)24(29)31-17-9-8-16-11-18-20(15(5)12-30-18)22(32-19(26)10-13(2)3)25(16,6)21(17)23(27)28/h7,10,12,16-17,21-22H,8-9,11H2,1-6H3,(H,27,28). The van der Waals surface area contributed by atoms with E-state index in [0.717, 1.165) is 22.5 Å². The SMILES string of the molecule is CC=C(C)C(=O)OC1CCC2Cc3occ(C)c3C(OC(=O)C=C(C)C)C2(C)C1C(=O)O. The molecule has 5 atom stereocenters. The van der Waals surface area contributed by atoms with Crippen molar-refractivity contribution < 1.29 is 33.4 Å². The summed E-state index contributed by atoms with van der Waals surface area (Å²) in [4.78, 5) is 37.8. The van der Waals surface area contributed by atoms with Gasteiger partial charge in [0.25, 0.3) is 0 Å². The van der Waals surface area contributed by atoms with Crippen LogP contribution in [0.5, 0.6) is 0 Å². The molecule has 0 amide bonds. The summed E-state index contributed by atoms with van der Waals surface area (Å²) in [6, 6.07) is 0. The van der Waals surface area contributed by atoms with Crippen molar-refractivity contribution in [2.45, 2.75) is 73.0 Å². The summed E-state index contributed by atoms with van der Waals surface area (Å²) >= 11 is 0. The molecule has 1 saturated carbocycles. The molecule has 0 aliphatic heterocycles. The second kappa shape index (κ2) is 8.96. The number of esters is 2. The lowest BCUT2D eigenvalue weighted by Crippen LogP contribution is -2.56. The Morgan fingerprint density at radius 3 is 2.47 bits per heavy atom. The lowest BCUT2D eigenvalue weighted by atomic mass is 9.53. The summed E-state index contributed by atoms with van der Waals surface area (Å²) in [5.41, 5.74) is 1.75. The Kier molecular flexibility index (Phi) is 6.67. The van der Waals surface area contributed by atoms with E-state index in [1.807, 2.05) is 13.8 Å². The van der Waals surface area contributed by atoms with Gasteiger partial charge >= 0.3 is 17.9 Å². The molecule has 3 rings (SSSR count). The Balaban J connectivity index is 2.09. The first kappa shape index (κ1) is 23.8. The number of furan rings is 1. The largest absolute Gasteiger partial charge is 0.481 e. The quantitative estimate of drug-likeness (QED) is 0.519. The van der Waals surface area contributed by atoms with E-state index in [0.29, 0.717) is 24.8 Å². The molecule has 7 nitrogen and oxygen atoms in total. The Morgan fingerprint density at radius 2 is 1.88 bits per heavy atom. The van der Waals surface area contributed by atoms with Gasteiger partial charge in [0.15, 0.2) is 0 Å². The minimum atomic E-state index is -1.07. The van der Waals surface area contributed by atoms with Crippen LogP contribution < -0.4 is 0 Å². The van der Waals surface area contributed by atoms with Crippen molar-refractivity contribution in [3.63, 3.8) is 0 Å². The van der Waals surface area contributed by atoms with Crippen LogP contribution in [0, 0.1) is 24.2 Å². The zero-order valence-electron chi connectivity index (χ0n) is 19.6. The molecule has 1 fully saturated rings. The number of carbonyl (C=O) groups is 3. The molecule has 0 spiro atoms. The molecule has 174 valence electrons. The molecule has 1 N–H and O–H groups in total. The third kappa shape index (κ3) is 4.12. The number of aliphatic carboxylic acids is 1. The van der Waals surface area contributed by atoms with Crippen LogP contribution in [-0.4, -0.2) is 29.1 Å². The van der Waals surface area contributed by atoms with Gasteiger partial charge in [-0.1, -0.05) is 18.6 Å². The third-order valence-corrected chi connectivity index (χ3v) is 7.00. The third-order valence-electron chi connectivity index (χ3n) is 7.00. The Labute approximate surface area is 188 Å². The zero-order chi connectivity index (χ0) is 23.8. The van der Waals surface area contributed by atoms with E-state index in [9.17, 15) is 19.5 Å². The van der Waals surface area contributed by atoms with Gasteiger partial charge in [-0.05, 0) is 58.9 Å². The minimum absolute atomic E-state index is 0.107. The molecule has 0 aromatic carbocycles. The van der Waals surface area contributed by atoms with Crippen LogP contribution in [0.3, 0.4) is 0 Å². The minimum Gasteiger partial charge on any atom is -0.481 e. The van der Waals surface area contributed by atoms with Gasteiger partial charge in [0.05, 0.1) is 6.26 Å². The van der Waals surface area contributed by atoms with Gasteiger partial charge in [-0.25, -0.2) is 9.59 Å². The number of ether oxygens (including phenoxy) is 2. The molecule has 1 aromatic rings. The smallest absolute Gasteiger partial charge is 0.333 e. The molecule has 1 aromatic heterocycles. The van der Waals surface area contributed by atoms with Crippen molar-refractivity contribution in [3.8, 4) is 0 Å². The average molecular weight is 445 g/mol. The Bertz CT molecular complexity index is 978. The topological polar surface area (TPSA) is 103 Å². The highest BCUT2D eigenvalue weighted by Gasteiger charge is 2.61. The fraction of sp³-hybridized carbons (Fsp3) is 0.560. The molecule has 2 aliphatic rings. The number of hydrogen-bond acceptors (Lipinski definition) is 6. The van der Waals surface area contributed by atoms with Gasteiger partial charge in [0.2, 0.25) is 0 Å². The van der Waals surface area contributed by atoms with E-state index < -0.39 is 41.4 Å². The van der Waals surface area contributed by atoms with Gasteiger partial charge in [0, 0.05) is 29.0 Å². The summed E-state index contributed by atoms with van der Waals surface area (Å²) in [6.45, 7) is 10.7. The van der Waals surface area contributed by atoms with Crippen LogP contribution in [-0.2, 0) is 30.3 Å². The number of carbonyl (C=O) groups excluding carboxylic acids is 2. The zero-order valence-corrected chi connectivity index (χ0v) is 19.6. The normalized spacial score (nSPS) is 29.4. The van der Waals surface area contributed by atoms with Gasteiger partial charge in [-0.3, -0.25) is 4.79 Å². The second-order valence-corrected chi connectivity index (χ2v) is 9.37. The van der Waals surface area contributed by atoms with Crippen molar-refractivity contribution in [1.29, 1.82) is 0 Å². The number of aryl methyl sites for hydroxylation is 1. The van der Waals surface area contributed by atoms with Crippen LogP contribution >= 0.6 is 0 Å². The van der Waals surface area contributed by atoms with Gasteiger partial charge in [-0.15, -0.1) is 0 Å². The average Bonchev–Trinajstić information content (AvgIpc) is 3.06. The first-order valence-corrected chi connectivity index (χ1v) is 11.0. The van der Waals surface area contributed by atoms with Crippen molar-refractivity contribution >= 4 is 17.9 Å². The molecule has 7 heteroatoms. The lowest BCUT2D eigenvalue weighted by molar-refractivity contribution is -0.196. The number of carboxylic acids is 1. The first-order valence-electron chi connectivity index (χ1n) is 11.0. The van der Waals surface area contributed by atoms with E-state index in [1.165, 1.54) is 6.08 Å². The van der Waals surface area contributed by atoms with E-state index in [-0.39, 0.29) is 5.92 Å². The highest BCUT2D eigenvalue weighted by atomic mass is 16.6. The molecular formula is C25H32O7. The second-order valence-electron chi connectivity index (χ2n) is 9.37. The highest BCUT2D eigenvalue weighted by Crippen LogP contribution is 2.60. The fourth-order valence-corrected chi connectivity index (χ4v) is 5.22. The molecule has 0 radical (unpaired) electrons. The maximum absolute atomic E-state index is 12.7. The number of carboxylic acid groups (broad SMARTS) is 1. The summed E-state index contributed by atoms with van der Waals surface area (Å²) in [7, 11) is 0. The van der Waals surface area contributed by atoms with Crippen molar-refractivity contribution in [2.24, 2.45) is 17.3 Å². The molecule has 5 unspecified atom stereocenters. The van der Waals surface area contributed by atoms with Crippen molar-refractivity contribution in [2.75, 3.05) is 0 Å². The highest BCUT2D eigenvalue weighted by molar-refractivity contribution is 5.88. The fourth-order valence-electron chi connectivity index (χ4n) is 5.22. The van der Waals surface area contributed by atoms with Crippen LogP contribution in [0.25, 0.3) is 0 Å². The summed E-state index contributed by atoms with van der Waals surface area (Å²) in [5, 5.41) is 10.3. The Hall–Kier alpha value is -2.83. The predicted octanol–water partition coefficient (Wildman–Crippen LogP) is 4.69. The van der Waals surface area contributed by atoms with Crippen LogP contribution in [0.15, 0.2) is 34.0 Å². The maximum Gasteiger partial charge on any atom is 0.333 e. The first-order chi connectivity index (χ1) is 15.0. The van der Waals surface area contributed by atoms with Gasteiger partial charge in [-0.2, -0.15) is 0 Å². The number of allylic oxidation sites excluding steroid dienone is 2. The lowest BCUT2D eigenvalue weighted by Gasteiger charge is -2.53. The van der Waals surface area contributed by atoms with E-state index in [2.05, 4.69) is 0 Å². The summed E-state index contributed by atoms with van der Waals surface area (Å²) in [5.74, 6) is -2.55. The number of rotatable bonds is 5. The molecule has 0 saturated heterocycles. The number of hydrogen-bond donors (Lipinski definition) is 1. The van der Waals surface area contributed by atoms with E-state index in [1.54, 1.807) is 40.0 Å². The molecular weight excluding hydrogens is 412 g/mol. The molecule has 0 bridgehead atoms. The van der Waals surface area contributed by atoms with Crippen LogP contribution in [0.4, 0.5) is 0 Å². The monoisotopic (exact) mass is 444 g/mol. The van der Waals surface area contributed by atoms with Crippen molar-refractivity contribution in [1.82, 2.24) is 0 Å². The van der Waals surface area contributed by atoms with Crippen molar-refractivity contribution in [3.05, 3.63) is 46.4 Å². The maximum atomic E-state index is 12.7. The molecule has 2 aliphatic carbocycles. The van der Waals surface area contributed by atoms with Crippen LogP contribution in [0.1, 0.15) is 70.5 Å². The van der Waals surface area contributed by atoms with Gasteiger partial charge in [0.1, 0.15) is 23.9 Å². The predicted molar refractivity (Wildman–Crippen MR) is 117 cm³/mol.